The van der Waals surface area contributed by atoms with E-state index in [0.717, 1.165) is 71.9 Å². The minimum Gasteiger partial charge on any atom is -0.490 e. The largest absolute Gasteiger partial charge is 0.490 e. The van der Waals surface area contributed by atoms with Crippen LogP contribution in [0.25, 0.3) is 10.8 Å². The fraction of sp³-hybridized carbons (Fsp3) is 0.423. The molecule has 178 valence electrons. The summed E-state index contributed by atoms with van der Waals surface area (Å²) in [4.78, 5) is 15.0. The molecule has 1 saturated carbocycles. The van der Waals surface area contributed by atoms with Gasteiger partial charge < -0.3 is 14.2 Å². The first-order valence-corrected chi connectivity index (χ1v) is 11.7. The van der Waals surface area contributed by atoms with Crippen LogP contribution in [-0.4, -0.2) is 46.1 Å². The van der Waals surface area contributed by atoms with Crippen molar-refractivity contribution in [3.8, 4) is 5.75 Å². The van der Waals surface area contributed by atoms with Gasteiger partial charge in [0.1, 0.15) is 17.1 Å². The number of rotatable bonds is 7. The number of nitrogens with zero attached hydrogens (tertiary/aromatic N) is 3. The second-order valence-electron chi connectivity index (χ2n) is 9.93. The maximum atomic E-state index is 14.2. The van der Waals surface area contributed by atoms with E-state index in [1.54, 1.807) is 17.8 Å². The van der Waals surface area contributed by atoms with Crippen molar-refractivity contribution < 1.29 is 9.13 Å². The van der Waals surface area contributed by atoms with E-state index in [0.29, 0.717) is 17.4 Å². The van der Waals surface area contributed by atoms with E-state index in [-0.39, 0.29) is 23.0 Å². The summed E-state index contributed by atoms with van der Waals surface area (Å²) >= 11 is 0. The Labute approximate surface area is 197 Å². The minimum atomic E-state index is -0.361. The smallest absolute Gasteiger partial charge is 0.258 e. The number of aromatic nitrogens is 2. The Hall–Kier alpha value is -3.26. The number of benzene rings is 1. The van der Waals surface area contributed by atoms with E-state index >= 15 is 0 Å². The van der Waals surface area contributed by atoms with Gasteiger partial charge in [-0.25, -0.2) is 4.39 Å². The quantitative estimate of drug-likeness (QED) is 0.417. The highest BCUT2D eigenvalue weighted by molar-refractivity contribution is 5.90. The van der Waals surface area contributed by atoms with Crippen molar-refractivity contribution in [2.45, 2.75) is 38.7 Å². The van der Waals surface area contributed by atoms with Crippen LogP contribution in [-0.2, 0) is 13.5 Å². The standard InChI is InChI=1S/C26H30FN5O2/c1-17-5-6-22(20-7-9-30(2)25(33)24(17)20)34-19-11-26(12-19)14-31(15-26)8-3-4-18-10-23(29)32(16-28)13-21(18)27/h5-7,9-10,13,16,19,28-29H,3-4,8,11-12,14-15H2,1-2H3. The Morgan fingerprint density at radius 3 is 2.76 bits per heavy atom. The van der Waals surface area contributed by atoms with Gasteiger partial charge >= 0.3 is 0 Å². The highest BCUT2D eigenvalue weighted by atomic mass is 19.1. The molecule has 1 aliphatic heterocycles. The molecule has 3 aromatic rings. The fourth-order valence-corrected chi connectivity index (χ4v) is 5.55. The van der Waals surface area contributed by atoms with Crippen LogP contribution in [0.4, 0.5) is 4.39 Å². The molecule has 0 atom stereocenters. The van der Waals surface area contributed by atoms with Crippen molar-refractivity contribution in [3.05, 3.63) is 69.4 Å². The molecule has 0 radical (unpaired) electrons. The van der Waals surface area contributed by atoms with Gasteiger partial charge in [0.2, 0.25) is 0 Å². The first kappa shape index (κ1) is 22.5. The molecule has 8 heteroatoms. The molecule has 1 saturated heterocycles. The third-order valence-electron chi connectivity index (χ3n) is 7.35. The molecule has 5 rings (SSSR count). The number of hydrogen-bond donors (Lipinski definition) is 2. The summed E-state index contributed by atoms with van der Waals surface area (Å²) in [6.45, 7) is 4.94. The molecule has 1 spiro atoms. The molecule has 1 aromatic carbocycles. The Balaban J connectivity index is 1.12. The second kappa shape index (κ2) is 8.51. The second-order valence-corrected chi connectivity index (χ2v) is 9.93. The predicted octanol–water partition coefficient (Wildman–Crippen LogP) is 3.20. The van der Waals surface area contributed by atoms with E-state index in [2.05, 4.69) is 4.90 Å². The highest BCUT2D eigenvalue weighted by Crippen LogP contribution is 2.50. The van der Waals surface area contributed by atoms with Crippen LogP contribution in [0.15, 0.2) is 41.5 Å². The first-order valence-electron chi connectivity index (χ1n) is 11.7. The van der Waals surface area contributed by atoms with E-state index in [1.807, 2.05) is 25.1 Å². The van der Waals surface area contributed by atoms with E-state index in [4.69, 9.17) is 15.6 Å². The van der Waals surface area contributed by atoms with Gasteiger partial charge in [0.15, 0.2) is 0 Å². The molecule has 2 fully saturated rings. The maximum Gasteiger partial charge on any atom is 0.258 e. The molecule has 34 heavy (non-hydrogen) atoms. The van der Waals surface area contributed by atoms with E-state index < -0.39 is 0 Å². The number of pyridine rings is 2. The first-order chi connectivity index (χ1) is 16.3. The minimum absolute atomic E-state index is 0.00316. The average Bonchev–Trinajstić information content (AvgIpc) is 2.76. The van der Waals surface area contributed by atoms with Crippen molar-refractivity contribution in [2.24, 2.45) is 12.5 Å². The van der Waals surface area contributed by atoms with Crippen molar-refractivity contribution >= 4 is 17.1 Å². The van der Waals surface area contributed by atoms with Crippen molar-refractivity contribution in [3.63, 3.8) is 0 Å². The predicted molar refractivity (Wildman–Crippen MR) is 129 cm³/mol. The lowest BCUT2D eigenvalue weighted by Crippen LogP contribution is -2.64. The lowest BCUT2D eigenvalue weighted by atomic mass is 9.61. The van der Waals surface area contributed by atoms with Crippen molar-refractivity contribution in [1.29, 1.82) is 10.8 Å². The van der Waals surface area contributed by atoms with Gasteiger partial charge in [-0.2, -0.15) is 0 Å². The van der Waals surface area contributed by atoms with Crippen molar-refractivity contribution in [2.75, 3.05) is 19.6 Å². The number of ether oxygens (including phenoxy) is 1. The third kappa shape index (κ3) is 3.96. The molecule has 3 heterocycles. The van der Waals surface area contributed by atoms with Crippen LogP contribution in [0.2, 0.25) is 0 Å². The lowest BCUT2D eigenvalue weighted by molar-refractivity contribution is -0.118. The Morgan fingerprint density at radius 1 is 1.26 bits per heavy atom. The Bertz CT molecular complexity index is 1380. The molecular weight excluding hydrogens is 433 g/mol. The summed E-state index contributed by atoms with van der Waals surface area (Å²) in [5.74, 6) is 0.428. The summed E-state index contributed by atoms with van der Waals surface area (Å²) in [6, 6.07) is 7.41. The highest BCUT2D eigenvalue weighted by Gasteiger charge is 2.53. The molecule has 0 unspecified atom stereocenters. The summed E-state index contributed by atoms with van der Waals surface area (Å²) in [6.07, 6.45) is 7.56. The van der Waals surface area contributed by atoms with Crippen molar-refractivity contribution in [1.82, 2.24) is 14.0 Å². The molecular formula is C26H30FN5O2. The number of nitrogens with one attached hydrogen (secondary N) is 2. The topological polar surface area (TPSA) is 87.1 Å². The number of hydrogen-bond acceptors (Lipinski definition) is 5. The van der Waals surface area contributed by atoms with Crippen LogP contribution in [0, 0.1) is 29.0 Å². The molecule has 0 amide bonds. The van der Waals surface area contributed by atoms with Gasteiger partial charge in [0.05, 0.1) is 17.8 Å². The van der Waals surface area contributed by atoms with Gasteiger partial charge in [-0.3, -0.25) is 20.2 Å². The number of aryl methyl sites for hydroxylation is 3. The zero-order valence-electron chi connectivity index (χ0n) is 19.6. The van der Waals surface area contributed by atoms with Gasteiger partial charge in [0, 0.05) is 43.3 Å². The number of halogens is 1. The summed E-state index contributed by atoms with van der Waals surface area (Å²) in [5.41, 5.74) is 1.95. The molecule has 1 aliphatic carbocycles. The molecule has 2 aromatic heterocycles. The lowest BCUT2D eigenvalue weighted by Gasteiger charge is -2.58. The molecule has 2 N–H and O–H groups in total. The van der Waals surface area contributed by atoms with Gasteiger partial charge in [0.25, 0.3) is 5.56 Å². The number of likely N-dealkylation sites (tertiary alicyclic amines) is 1. The summed E-state index contributed by atoms with van der Waals surface area (Å²) < 4.78 is 23.2. The Morgan fingerprint density at radius 2 is 2.03 bits per heavy atom. The zero-order valence-corrected chi connectivity index (χ0v) is 19.6. The van der Waals surface area contributed by atoms with Crippen LogP contribution >= 0.6 is 0 Å². The van der Waals surface area contributed by atoms with Gasteiger partial charge in [-0.1, -0.05) is 6.07 Å². The SMILES string of the molecule is Cc1ccc(OC2CC3(C2)CN(CCCc2cc(=N)n(C=N)cc2F)C3)c2ccn(C)c(=O)c12. The van der Waals surface area contributed by atoms with Crippen LogP contribution in [0.1, 0.15) is 30.4 Å². The van der Waals surface area contributed by atoms with Crippen LogP contribution < -0.4 is 15.8 Å². The molecule has 0 bridgehead atoms. The summed E-state index contributed by atoms with van der Waals surface area (Å²) in [5, 5.41) is 16.7. The monoisotopic (exact) mass is 463 g/mol. The van der Waals surface area contributed by atoms with Crippen LogP contribution in [0.5, 0.6) is 5.75 Å². The summed E-state index contributed by atoms with van der Waals surface area (Å²) in [7, 11) is 1.77. The molecule has 2 aliphatic rings. The maximum absolute atomic E-state index is 14.2. The fourth-order valence-electron chi connectivity index (χ4n) is 5.55. The average molecular weight is 464 g/mol. The Kier molecular flexibility index (Phi) is 5.64. The van der Waals surface area contributed by atoms with Gasteiger partial charge in [-0.05, 0) is 68.5 Å². The van der Waals surface area contributed by atoms with E-state index in [9.17, 15) is 9.18 Å². The van der Waals surface area contributed by atoms with Crippen LogP contribution in [0.3, 0.4) is 0 Å². The van der Waals surface area contributed by atoms with E-state index in [1.165, 1.54) is 12.3 Å². The normalized spacial score (nSPS) is 17.5. The molecule has 7 nitrogen and oxygen atoms in total. The van der Waals surface area contributed by atoms with Gasteiger partial charge in [-0.15, -0.1) is 0 Å². The zero-order chi connectivity index (χ0) is 24.0. The number of fused-ring (bicyclic) bond motifs is 1. The third-order valence-corrected chi connectivity index (χ3v) is 7.35.